The number of hydrogen-bond acceptors (Lipinski definition) is 2. The zero-order chi connectivity index (χ0) is 12.0. The van der Waals surface area contributed by atoms with Crippen LogP contribution in [0.5, 0.6) is 0 Å². The van der Waals surface area contributed by atoms with Gasteiger partial charge in [0.25, 0.3) is 0 Å². The Morgan fingerprint density at radius 2 is 2.18 bits per heavy atom. The van der Waals surface area contributed by atoms with E-state index in [1.807, 2.05) is 7.05 Å². The number of rotatable bonds is 1. The Morgan fingerprint density at radius 3 is 2.94 bits per heavy atom. The summed E-state index contributed by atoms with van der Waals surface area (Å²) in [6.45, 7) is 0. The molecule has 4 heteroatoms. The van der Waals surface area contributed by atoms with Crippen molar-refractivity contribution < 1.29 is 4.39 Å². The normalized spacial score (nSPS) is 14.1. The summed E-state index contributed by atoms with van der Waals surface area (Å²) in [7, 11) is 1.85. The standard InChI is InChI=1S/C13H12ClFN2/c1-16-12-8-3-2-4-11(8)17-13-9(12)5-7(14)6-10(13)15/h5-6H,2-4H2,1H3,(H,16,17). The fourth-order valence-electron chi connectivity index (χ4n) is 2.57. The monoisotopic (exact) mass is 250 g/mol. The van der Waals surface area contributed by atoms with Crippen molar-refractivity contribution >= 4 is 28.2 Å². The molecule has 1 N–H and O–H groups in total. The third-order valence-electron chi connectivity index (χ3n) is 3.28. The van der Waals surface area contributed by atoms with E-state index in [-0.39, 0.29) is 5.82 Å². The van der Waals surface area contributed by atoms with E-state index in [1.165, 1.54) is 11.6 Å². The molecule has 88 valence electrons. The van der Waals surface area contributed by atoms with Crippen molar-refractivity contribution in [3.05, 3.63) is 34.2 Å². The molecule has 1 heterocycles. The molecular weight excluding hydrogens is 239 g/mol. The second-order valence-corrected chi connectivity index (χ2v) is 4.74. The van der Waals surface area contributed by atoms with Gasteiger partial charge in [-0.3, -0.25) is 0 Å². The molecule has 0 atom stereocenters. The van der Waals surface area contributed by atoms with Crippen molar-refractivity contribution in [2.75, 3.05) is 12.4 Å². The molecule has 1 aliphatic carbocycles. The molecule has 0 unspecified atom stereocenters. The molecule has 0 aliphatic heterocycles. The number of halogens is 2. The number of benzene rings is 1. The van der Waals surface area contributed by atoms with E-state index in [4.69, 9.17) is 11.6 Å². The van der Waals surface area contributed by atoms with Gasteiger partial charge in [0.2, 0.25) is 0 Å². The van der Waals surface area contributed by atoms with Gasteiger partial charge in [0.15, 0.2) is 5.82 Å². The third kappa shape index (κ3) is 1.57. The molecule has 0 saturated carbocycles. The smallest absolute Gasteiger partial charge is 0.150 e. The second-order valence-electron chi connectivity index (χ2n) is 4.30. The number of pyridine rings is 1. The van der Waals surface area contributed by atoms with E-state index < -0.39 is 0 Å². The van der Waals surface area contributed by atoms with E-state index >= 15 is 0 Å². The summed E-state index contributed by atoms with van der Waals surface area (Å²) in [6.07, 6.45) is 3.02. The molecular formula is C13H12ClFN2. The third-order valence-corrected chi connectivity index (χ3v) is 3.50. The Bertz CT molecular complexity index is 610. The van der Waals surface area contributed by atoms with Crippen LogP contribution in [0.2, 0.25) is 5.02 Å². The fraction of sp³-hybridized carbons (Fsp3) is 0.308. The Morgan fingerprint density at radius 1 is 1.35 bits per heavy atom. The van der Waals surface area contributed by atoms with Crippen molar-refractivity contribution in [3.8, 4) is 0 Å². The molecule has 0 fully saturated rings. The van der Waals surface area contributed by atoms with Gasteiger partial charge in [-0.2, -0.15) is 0 Å². The van der Waals surface area contributed by atoms with Crippen LogP contribution in [-0.4, -0.2) is 12.0 Å². The lowest BCUT2D eigenvalue weighted by Gasteiger charge is -2.12. The van der Waals surface area contributed by atoms with Gasteiger partial charge in [0.1, 0.15) is 5.52 Å². The lowest BCUT2D eigenvalue weighted by atomic mass is 10.1. The van der Waals surface area contributed by atoms with Gasteiger partial charge >= 0.3 is 0 Å². The van der Waals surface area contributed by atoms with Crippen LogP contribution in [0.1, 0.15) is 17.7 Å². The van der Waals surface area contributed by atoms with Crippen LogP contribution in [0.25, 0.3) is 10.9 Å². The summed E-state index contributed by atoms with van der Waals surface area (Å²) >= 11 is 5.91. The van der Waals surface area contributed by atoms with Crippen LogP contribution >= 0.6 is 11.6 Å². The highest BCUT2D eigenvalue weighted by molar-refractivity contribution is 6.31. The summed E-state index contributed by atoms with van der Waals surface area (Å²) < 4.78 is 13.9. The van der Waals surface area contributed by atoms with Crippen LogP contribution in [-0.2, 0) is 12.8 Å². The first-order valence-corrected chi connectivity index (χ1v) is 6.06. The van der Waals surface area contributed by atoms with Gasteiger partial charge in [0.05, 0.1) is 0 Å². The molecule has 3 rings (SSSR count). The summed E-state index contributed by atoms with van der Waals surface area (Å²) in [5.41, 5.74) is 3.62. The van der Waals surface area contributed by atoms with E-state index in [1.54, 1.807) is 6.07 Å². The summed E-state index contributed by atoms with van der Waals surface area (Å²) in [4.78, 5) is 4.43. The Balaban J connectivity index is 2.45. The van der Waals surface area contributed by atoms with Crippen molar-refractivity contribution in [1.29, 1.82) is 0 Å². The first-order valence-electron chi connectivity index (χ1n) is 5.69. The minimum Gasteiger partial charge on any atom is -0.387 e. The zero-order valence-electron chi connectivity index (χ0n) is 9.48. The lowest BCUT2D eigenvalue weighted by molar-refractivity contribution is 0.636. The molecule has 1 aliphatic rings. The number of nitrogens with zero attached hydrogens (tertiary/aromatic N) is 1. The lowest BCUT2D eigenvalue weighted by Crippen LogP contribution is -2.00. The molecule has 0 radical (unpaired) electrons. The number of nitrogens with one attached hydrogen (secondary N) is 1. The van der Waals surface area contributed by atoms with Gasteiger partial charge in [-0.25, -0.2) is 9.37 Å². The number of fused-ring (bicyclic) bond motifs is 2. The van der Waals surface area contributed by atoms with Crippen LogP contribution in [0.4, 0.5) is 10.1 Å². The quantitative estimate of drug-likeness (QED) is 0.837. The average molecular weight is 251 g/mol. The number of hydrogen-bond donors (Lipinski definition) is 1. The molecule has 0 spiro atoms. The topological polar surface area (TPSA) is 24.9 Å². The van der Waals surface area contributed by atoms with Crippen molar-refractivity contribution in [2.24, 2.45) is 0 Å². The summed E-state index contributed by atoms with van der Waals surface area (Å²) in [5, 5.41) is 4.34. The van der Waals surface area contributed by atoms with E-state index in [2.05, 4.69) is 10.3 Å². The predicted molar refractivity (Wildman–Crippen MR) is 68.3 cm³/mol. The zero-order valence-corrected chi connectivity index (χ0v) is 10.2. The molecule has 0 bridgehead atoms. The average Bonchev–Trinajstić information content (AvgIpc) is 2.74. The molecule has 0 saturated heterocycles. The maximum Gasteiger partial charge on any atom is 0.150 e. The molecule has 1 aromatic carbocycles. The van der Waals surface area contributed by atoms with E-state index in [9.17, 15) is 4.39 Å². The highest BCUT2D eigenvalue weighted by Crippen LogP contribution is 2.35. The van der Waals surface area contributed by atoms with Crippen LogP contribution < -0.4 is 5.32 Å². The van der Waals surface area contributed by atoms with E-state index in [0.29, 0.717) is 10.5 Å². The van der Waals surface area contributed by atoms with Gasteiger partial charge in [-0.1, -0.05) is 11.6 Å². The van der Waals surface area contributed by atoms with E-state index in [0.717, 1.165) is 36.0 Å². The van der Waals surface area contributed by atoms with Crippen LogP contribution in [0, 0.1) is 5.82 Å². The van der Waals surface area contributed by atoms with Crippen LogP contribution in [0.3, 0.4) is 0 Å². The molecule has 2 aromatic rings. The maximum absolute atomic E-state index is 13.9. The second kappa shape index (κ2) is 3.84. The van der Waals surface area contributed by atoms with Crippen molar-refractivity contribution in [1.82, 2.24) is 4.98 Å². The number of aryl methyl sites for hydroxylation is 1. The molecule has 1 aromatic heterocycles. The summed E-state index contributed by atoms with van der Waals surface area (Å²) in [6, 6.07) is 3.09. The largest absolute Gasteiger partial charge is 0.387 e. The molecule has 17 heavy (non-hydrogen) atoms. The number of anilines is 1. The number of aromatic nitrogens is 1. The molecule has 2 nitrogen and oxygen atoms in total. The van der Waals surface area contributed by atoms with Crippen molar-refractivity contribution in [2.45, 2.75) is 19.3 Å². The van der Waals surface area contributed by atoms with Gasteiger partial charge in [-0.15, -0.1) is 0 Å². The van der Waals surface area contributed by atoms with Gasteiger partial charge in [0, 0.05) is 28.8 Å². The predicted octanol–water partition coefficient (Wildman–Crippen LogP) is 3.56. The Labute approximate surface area is 104 Å². The van der Waals surface area contributed by atoms with Gasteiger partial charge < -0.3 is 5.32 Å². The van der Waals surface area contributed by atoms with Crippen LogP contribution in [0.15, 0.2) is 12.1 Å². The summed E-state index contributed by atoms with van der Waals surface area (Å²) in [5.74, 6) is -0.348. The minimum atomic E-state index is -0.348. The molecule has 0 amide bonds. The Hall–Kier alpha value is -1.35. The maximum atomic E-state index is 13.9. The van der Waals surface area contributed by atoms with Crippen molar-refractivity contribution in [3.63, 3.8) is 0 Å². The highest BCUT2D eigenvalue weighted by atomic mass is 35.5. The van der Waals surface area contributed by atoms with Gasteiger partial charge in [-0.05, 0) is 37.0 Å². The fourth-order valence-corrected chi connectivity index (χ4v) is 2.78. The highest BCUT2D eigenvalue weighted by Gasteiger charge is 2.20. The minimum absolute atomic E-state index is 0.348. The first-order chi connectivity index (χ1) is 8.20. The SMILES string of the molecule is CNc1c2c(nc3c(F)cc(Cl)cc13)CCC2. The Kier molecular flexibility index (Phi) is 2.44. The first kappa shape index (κ1) is 10.8.